The van der Waals surface area contributed by atoms with Crippen LogP contribution in [0.15, 0.2) is 42.5 Å². The topological polar surface area (TPSA) is 101 Å². The molecule has 3 rings (SSSR count). The molecule has 2 N–H and O–H groups in total. The molecule has 0 radical (unpaired) electrons. The second-order valence-corrected chi connectivity index (χ2v) is 10.6. The molecule has 10 heteroatoms. The quantitative estimate of drug-likeness (QED) is 0.545. The highest BCUT2D eigenvalue weighted by Crippen LogP contribution is 2.35. The monoisotopic (exact) mass is 530 g/mol. The first-order chi connectivity index (χ1) is 17.8. The largest absolute Gasteiger partial charge is 0.444 e. The van der Waals surface area contributed by atoms with E-state index in [1.54, 1.807) is 26.8 Å². The summed E-state index contributed by atoms with van der Waals surface area (Å²) in [7, 11) is 1.48. The number of aromatic nitrogens is 1. The summed E-state index contributed by atoms with van der Waals surface area (Å²) < 4.78 is 34.9. The van der Waals surface area contributed by atoms with Crippen LogP contribution in [0.2, 0.25) is 0 Å². The minimum atomic E-state index is -3.11. The molecule has 3 amide bonds. The summed E-state index contributed by atoms with van der Waals surface area (Å²) in [5, 5.41) is 5.22. The molecular formula is C28H36F2N4O4. The van der Waals surface area contributed by atoms with Crippen molar-refractivity contribution < 1.29 is 27.9 Å². The first-order valence-electron chi connectivity index (χ1n) is 12.7. The Morgan fingerprint density at radius 1 is 1.16 bits per heavy atom. The van der Waals surface area contributed by atoms with Gasteiger partial charge in [-0.2, -0.15) is 0 Å². The minimum absolute atomic E-state index is 0.0206. The normalized spacial score (nSPS) is 17.9. The molecule has 2 atom stereocenters. The summed E-state index contributed by atoms with van der Waals surface area (Å²) >= 11 is 0. The summed E-state index contributed by atoms with van der Waals surface area (Å²) in [6.45, 7) is 6.44. The van der Waals surface area contributed by atoms with E-state index in [0.717, 1.165) is 10.5 Å². The van der Waals surface area contributed by atoms with Crippen LogP contribution in [0.25, 0.3) is 0 Å². The van der Waals surface area contributed by atoms with Crippen LogP contribution in [0.4, 0.5) is 13.6 Å². The van der Waals surface area contributed by atoms with E-state index in [2.05, 4.69) is 15.6 Å². The first kappa shape index (κ1) is 29.0. The number of hydrogen-bond acceptors (Lipinski definition) is 5. The third-order valence-electron chi connectivity index (χ3n) is 6.49. The Labute approximate surface area is 222 Å². The van der Waals surface area contributed by atoms with Crippen molar-refractivity contribution in [1.29, 1.82) is 0 Å². The van der Waals surface area contributed by atoms with Gasteiger partial charge in [-0.15, -0.1) is 0 Å². The van der Waals surface area contributed by atoms with Crippen LogP contribution >= 0.6 is 0 Å². The van der Waals surface area contributed by atoms with Gasteiger partial charge in [0.1, 0.15) is 11.3 Å². The van der Waals surface area contributed by atoms with E-state index in [4.69, 9.17) is 4.74 Å². The van der Waals surface area contributed by atoms with Gasteiger partial charge in [0.05, 0.1) is 6.54 Å². The molecule has 1 saturated heterocycles. The van der Waals surface area contributed by atoms with Gasteiger partial charge in [0.2, 0.25) is 0 Å². The van der Waals surface area contributed by atoms with Gasteiger partial charge in [-0.3, -0.25) is 9.59 Å². The van der Waals surface area contributed by atoms with Gasteiger partial charge in [-0.25, -0.2) is 18.6 Å². The Bertz CT molecular complexity index is 1150. The van der Waals surface area contributed by atoms with E-state index in [0.29, 0.717) is 5.69 Å². The molecule has 2 heterocycles. The van der Waals surface area contributed by atoms with Crippen LogP contribution in [-0.2, 0) is 4.74 Å². The van der Waals surface area contributed by atoms with Crippen molar-refractivity contribution in [2.45, 2.75) is 58.0 Å². The zero-order valence-corrected chi connectivity index (χ0v) is 22.5. The van der Waals surface area contributed by atoms with Crippen molar-refractivity contribution in [2.75, 3.05) is 26.7 Å². The molecule has 0 aliphatic carbocycles. The third kappa shape index (κ3) is 7.49. The Morgan fingerprint density at radius 2 is 1.84 bits per heavy atom. The molecule has 206 valence electrons. The van der Waals surface area contributed by atoms with Crippen molar-refractivity contribution in [3.8, 4) is 0 Å². The summed E-state index contributed by atoms with van der Waals surface area (Å²) in [5.41, 5.74) is 1.07. The molecule has 0 saturated carbocycles. The maximum absolute atomic E-state index is 14.8. The van der Waals surface area contributed by atoms with E-state index in [1.807, 2.05) is 37.3 Å². The molecular weight excluding hydrogens is 494 g/mol. The number of pyridine rings is 1. The van der Waals surface area contributed by atoms with E-state index in [1.165, 1.54) is 13.1 Å². The van der Waals surface area contributed by atoms with E-state index < -0.39 is 41.9 Å². The first-order valence-corrected chi connectivity index (χ1v) is 12.7. The number of rotatable bonds is 7. The number of piperidine rings is 1. The number of nitrogens with zero attached hydrogens (tertiary/aromatic N) is 2. The predicted molar refractivity (Wildman–Crippen MR) is 139 cm³/mol. The summed E-state index contributed by atoms with van der Waals surface area (Å²) in [5.74, 6) is -5.19. The Hall–Kier alpha value is -3.56. The number of alkyl halides is 2. The molecule has 0 spiro atoms. The molecule has 1 aromatic heterocycles. The number of benzene rings is 1. The minimum Gasteiger partial charge on any atom is -0.444 e. The van der Waals surface area contributed by atoms with Gasteiger partial charge in [-0.05, 0) is 51.3 Å². The van der Waals surface area contributed by atoms with Crippen molar-refractivity contribution in [3.63, 3.8) is 0 Å². The zero-order chi connectivity index (χ0) is 28.1. The lowest BCUT2D eigenvalue weighted by Gasteiger charge is -2.38. The zero-order valence-electron chi connectivity index (χ0n) is 22.5. The molecule has 2 aromatic rings. The number of ether oxygens (including phenoxy) is 1. The van der Waals surface area contributed by atoms with Gasteiger partial charge in [0.15, 0.2) is 0 Å². The highest BCUT2D eigenvalue weighted by molar-refractivity contribution is 5.98. The van der Waals surface area contributed by atoms with Crippen molar-refractivity contribution in [1.82, 2.24) is 20.5 Å². The van der Waals surface area contributed by atoms with Crippen LogP contribution in [-0.4, -0.2) is 66.0 Å². The highest BCUT2D eigenvalue weighted by atomic mass is 19.3. The molecule has 1 fully saturated rings. The molecule has 1 aliphatic heterocycles. The maximum atomic E-state index is 14.8. The van der Waals surface area contributed by atoms with E-state index in [9.17, 15) is 23.2 Å². The summed E-state index contributed by atoms with van der Waals surface area (Å²) in [6, 6.07) is 12.6. The fraction of sp³-hybridized carbons (Fsp3) is 0.500. The number of nitrogens with one attached hydrogen (secondary N) is 2. The Morgan fingerprint density at radius 3 is 2.45 bits per heavy atom. The van der Waals surface area contributed by atoms with Crippen LogP contribution in [0.3, 0.4) is 0 Å². The lowest BCUT2D eigenvalue weighted by molar-refractivity contribution is -0.112. The fourth-order valence-electron chi connectivity index (χ4n) is 4.35. The average Bonchev–Trinajstić information content (AvgIpc) is 2.87. The Balaban J connectivity index is 1.66. The number of likely N-dealkylation sites (tertiary alicyclic amines) is 1. The van der Waals surface area contributed by atoms with Gasteiger partial charge in [0, 0.05) is 43.2 Å². The summed E-state index contributed by atoms with van der Waals surface area (Å²) in [6.07, 6.45) is -0.618. The lowest BCUT2D eigenvalue weighted by atomic mass is 9.90. The Kier molecular flexibility index (Phi) is 9.06. The molecule has 8 nitrogen and oxygen atoms in total. The number of amides is 3. The van der Waals surface area contributed by atoms with E-state index >= 15 is 0 Å². The van der Waals surface area contributed by atoms with E-state index in [-0.39, 0.29) is 43.1 Å². The molecule has 0 unspecified atom stereocenters. The number of halogens is 2. The van der Waals surface area contributed by atoms with Crippen LogP contribution < -0.4 is 10.6 Å². The van der Waals surface area contributed by atoms with Crippen molar-refractivity contribution >= 4 is 17.9 Å². The van der Waals surface area contributed by atoms with Gasteiger partial charge in [0.25, 0.3) is 17.7 Å². The second-order valence-electron chi connectivity index (χ2n) is 10.6. The van der Waals surface area contributed by atoms with Gasteiger partial charge < -0.3 is 20.3 Å². The third-order valence-corrected chi connectivity index (χ3v) is 6.49. The molecule has 38 heavy (non-hydrogen) atoms. The molecule has 1 aromatic carbocycles. The van der Waals surface area contributed by atoms with Crippen molar-refractivity contribution in [3.05, 3.63) is 65.0 Å². The van der Waals surface area contributed by atoms with Crippen LogP contribution in [0.1, 0.15) is 78.6 Å². The number of hydrogen-bond donors (Lipinski definition) is 2. The van der Waals surface area contributed by atoms with Gasteiger partial charge >= 0.3 is 6.09 Å². The highest BCUT2D eigenvalue weighted by Gasteiger charge is 2.46. The smallest absolute Gasteiger partial charge is 0.410 e. The second kappa shape index (κ2) is 11.9. The molecule has 1 aliphatic rings. The predicted octanol–water partition coefficient (Wildman–Crippen LogP) is 4.61. The maximum Gasteiger partial charge on any atom is 0.410 e. The average molecular weight is 531 g/mol. The number of carbonyl (C=O) groups is 3. The number of carbonyl (C=O) groups excluding carboxylic acids is 3. The fourth-order valence-corrected chi connectivity index (χ4v) is 4.35. The lowest BCUT2D eigenvalue weighted by Crippen LogP contribution is -2.52. The summed E-state index contributed by atoms with van der Waals surface area (Å²) in [4.78, 5) is 43.0. The standard InChI is InChI=1S/C28H36F2N4O4/c1-18(19-9-7-6-8-10-19)22-15-20(16-23(33-22)25(36)31-5)24(35)32-13-11-21-12-14-34(17-28(21,29)30)26(37)38-27(2,3)4/h6-10,15-16,18,21H,11-14,17H2,1-5H3,(H,31,36)(H,32,35)/t18-,21-/m0/s1. The van der Waals surface area contributed by atoms with Crippen molar-refractivity contribution in [2.24, 2.45) is 5.92 Å². The molecule has 0 bridgehead atoms. The van der Waals surface area contributed by atoms with Crippen LogP contribution in [0, 0.1) is 5.92 Å². The van der Waals surface area contributed by atoms with Crippen LogP contribution in [0.5, 0.6) is 0 Å². The SMILES string of the molecule is CNC(=O)c1cc(C(=O)NCC[C@H]2CCN(C(=O)OC(C)(C)C)CC2(F)F)cc([C@@H](C)c2ccccc2)n1. The van der Waals surface area contributed by atoms with Gasteiger partial charge in [-0.1, -0.05) is 37.3 Å².